The summed E-state index contributed by atoms with van der Waals surface area (Å²) in [6.45, 7) is 1.76. The van der Waals surface area contributed by atoms with Crippen molar-refractivity contribution >= 4 is 16.9 Å². The third-order valence-corrected chi connectivity index (χ3v) is 4.84. The first kappa shape index (κ1) is 15.7. The van der Waals surface area contributed by atoms with Gasteiger partial charge >= 0.3 is 0 Å². The molecule has 1 aliphatic rings. The van der Waals surface area contributed by atoms with Gasteiger partial charge in [-0.15, -0.1) is 5.10 Å². The summed E-state index contributed by atoms with van der Waals surface area (Å²) in [5, 5.41) is 8.22. The van der Waals surface area contributed by atoms with E-state index in [-0.39, 0.29) is 17.6 Å². The van der Waals surface area contributed by atoms with E-state index in [1.165, 1.54) is 6.07 Å². The lowest BCUT2D eigenvalue weighted by atomic mass is 9.98. The number of benzene rings is 2. The first-order valence-corrected chi connectivity index (χ1v) is 8.53. The number of halogens is 1. The van der Waals surface area contributed by atoms with E-state index in [4.69, 9.17) is 0 Å². The number of aromatic nitrogens is 3. The highest BCUT2D eigenvalue weighted by atomic mass is 19.1. The lowest BCUT2D eigenvalue weighted by Crippen LogP contribution is -2.29. The van der Waals surface area contributed by atoms with Gasteiger partial charge in [0.05, 0.1) is 12.1 Å². The summed E-state index contributed by atoms with van der Waals surface area (Å²) in [4.78, 5) is 14.3. The normalized spacial score (nSPS) is 17.3. The highest BCUT2D eigenvalue weighted by molar-refractivity contribution is 5.77. The SMILES string of the molecule is O=C(CCn1nnc2ccccc21)N1CC[C@@H](c2ccccc2F)C1. The lowest BCUT2D eigenvalue weighted by Gasteiger charge is -2.17. The first-order chi connectivity index (χ1) is 12.2. The standard InChI is InChI=1S/C19H19FN4O/c20-16-6-2-1-5-15(16)14-9-11-23(13-14)19(25)10-12-24-18-8-4-3-7-17(18)21-22-24/h1-8,14H,9-13H2/t14-/m1/s1. The van der Waals surface area contributed by atoms with Gasteiger partial charge in [0.2, 0.25) is 5.91 Å². The minimum absolute atomic E-state index is 0.0809. The maximum atomic E-state index is 13.9. The Kier molecular flexibility index (Phi) is 4.17. The van der Waals surface area contributed by atoms with Gasteiger partial charge in [-0.1, -0.05) is 35.5 Å². The van der Waals surface area contributed by atoms with Gasteiger partial charge in [0, 0.05) is 25.4 Å². The fourth-order valence-electron chi connectivity index (χ4n) is 3.49. The molecule has 0 saturated carbocycles. The Balaban J connectivity index is 1.38. The van der Waals surface area contributed by atoms with E-state index in [9.17, 15) is 9.18 Å². The van der Waals surface area contributed by atoms with Crippen LogP contribution in [0.1, 0.15) is 24.3 Å². The first-order valence-electron chi connectivity index (χ1n) is 8.53. The number of carbonyl (C=O) groups is 1. The molecular formula is C19H19FN4O. The van der Waals surface area contributed by atoms with Gasteiger partial charge in [0.25, 0.3) is 0 Å². The molecule has 0 aliphatic carbocycles. The summed E-state index contributed by atoms with van der Waals surface area (Å²) in [6, 6.07) is 14.5. The fourth-order valence-corrected chi connectivity index (χ4v) is 3.49. The van der Waals surface area contributed by atoms with Crippen LogP contribution in [-0.2, 0) is 11.3 Å². The number of rotatable bonds is 4. The second-order valence-electron chi connectivity index (χ2n) is 6.40. The van der Waals surface area contributed by atoms with Crippen molar-refractivity contribution in [1.82, 2.24) is 19.9 Å². The number of hydrogen-bond acceptors (Lipinski definition) is 3. The van der Waals surface area contributed by atoms with E-state index in [0.717, 1.165) is 17.5 Å². The van der Waals surface area contributed by atoms with Crippen LogP contribution < -0.4 is 0 Å². The highest BCUT2D eigenvalue weighted by Crippen LogP contribution is 2.29. The zero-order valence-corrected chi connectivity index (χ0v) is 13.8. The van der Waals surface area contributed by atoms with E-state index in [1.807, 2.05) is 41.3 Å². The van der Waals surface area contributed by atoms with Gasteiger partial charge < -0.3 is 4.90 Å². The number of aryl methyl sites for hydroxylation is 1. The number of fused-ring (bicyclic) bond motifs is 1. The summed E-state index contributed by atoms with van der Waals surface area (Å²) >= 11 is 0. The van der Waals surface area contributed by atoms with Crippen LogP contribution in [0.2, 0.25) is 0 Å². The molecule has 0 spiro atoms. The summed E-state index contributed by atoms with van der Waals surface area (Å²) in [5.74, 6) is -0.0216. The molecule has 128 valence electrons. The van der Waals surface area contributed by atoms with Crippen molar-refractivity contribution < 1.29 is 9.18 Å². The Hall–Kier alpha value is -2.76. The molecule has 5 nitrogen and oxygen atoms in total. The molecule has 0 radical (unpaired) electrons. The quantitative estimate of drug-likeness (QED) is 0.735. The number of likely N-dealkylation sites (tertiary alicyclic amines) is 1. The Morgan fingerprint density at radius 3 is 2.84 bits per heavy atom. The molecule has 2 heterocycles. The summed E-state index contributed by atoms with van der Waals surface area (Å²) in [6.07, 6.45) is 1.18. The average molecular weight is 338 g/mol. The Labute approximate surface area is 145 Å². The second-order valence-corrected chi connectivity index (χ2v) is 6.40. The minimum atomic E-state index is -0.184. The fraction of sp³-hybridized carbons (Fsp3) is 0.316. The molecule has 1 atom stereocenters. The minimum Gasteiger partial charge on any atom is -0.342 e. The number of amides is 1. The number of nitrogens with zero attached hydrogens (tertiary/aromatic N) is 4. The predicted octanol–water partition coefficient (Wildman–Crippen LogP) is 2.98. The van der Waals surface area contributed by atoms with Gasteiger partial charge in [-0.05, 0) is 30.2 Å². The van der Waals surface area contributed by atoms with E-state index in [1.54, 1.807) is 10.7 Å². The van der Waals surface area contributed by atoms with Crippen LogP contribution in [0.4, 0.5) is 4.39 Å². The third kappa shape index (κ3) is 3.12. The lowest BCUT2D eigenvalue weighted by molar-refractivity contribution is -0.130. The van der Waals surface area contributed by atoms with Crippen LogP contribution in [0.25, 0.3) is 11.0 Å². The zero-order valence-electron chi connectivity index (χ0n) is 13.8. The van der Waals surface area contributed by atoms with Crippen LogP contribution in [0, 0.1) is 5.82 Å². The van der Waals surface area contributed by atoms with Crippen LogP contribution in [0.3, 0.4) is 0 Å². The zero-order chi connectivity index (χ0) is 17.2. The van der Waals surface area contributed by atoms with Crippen LogP contribution >= 0.6 is 0 Å². The smallest absolute Gasteiger partial charge is 0.224 e. The molecule has 1 aromatic heterocycles. The van der Waals surface area contributed by atoms with Crippen molar-refractivity contribution in [2.45, 2.75) is 25.3 Å². The van der Waals surface area contributed by atoms with Crippen molar-refractivity contribution in [3.8, 4) is 0 Å². The Morgan fingerprint density at radius 2 is 1.96 bits per heavy atom. The molecule has 2 aromatic carbocycles. The number of carbonyl (C=O) groups excluding carboxylic acids is 1. The van der Waals surface area contributed by atoms with E-state index in [0.29, 0.717) is 31.6 Å². The van der Waals surface area contributed by atoms with Crippen LogP contribution in [0.15, 0.2) is 48.5 Å². The molecule has 1 aliphatic heterocycles. The van der Waals surface area contributed by atoms with Crippen molar-refractivity contribution in [3.63, 3.8) is 0 Å². The van der Waals surface area contributed by atoms with Crippen molar-refractivity contribution in [1.29, 1.82) is 0 Å². The molecule has 3 aromatic rings. The predicted molar refractivity (Wildman–Crippen MR) is 92.5 cm³/mol. The second kappa shape index (κ2) is 6.63. The molecule has 0 unspecified atom stereocenters. The molecule has 0 N–H and O–H groups in total. The maximum Gasteiger partial charge on any atom is 0.224 e. The maximum absolute atomic E-state index is 13.9. The van der Waals surface area contributed by atoms with Crippen molar-refractivity contribution in [2.24, 2.45) is 0 Å². The third-order valence-electron chi connectivity index (χ3n) is 4.84. The van der Waals surface area contributed by atoms with Gasteiger partial charge in [-0.3, -0.25) is 4.79 Å². The average Bonchev–Trinajstić information content (AvgIpc) is 3.27. The van der Waals surface area contributed by atoms with E-state index in [2.05, 4.69) is 10.3 Å². The molecule has 25 heavy (non-hydrogen) atoms. The molecule has 1 amide bonds. The highest BCUT2D eigenvalue weighted by Gasteiger charge is 2.28. The monoisotopic (exact) mass is 338 g/mol. The Morgan fingerprint density at radius 1 is 1.16 bits per heavy atom. The van der Waals surface area contributed by atoms with E-state index >= 15 is 0 Å². The number of hydrogen-bond donors (Lipinski definition) is 0. The molecular weight excluding hydrogens is 319 g/mol. The van der Waals surface area contributed by atoms with Crippen LogP contribution in [0.5, 0.6) is 0 Å². The molecule has 4 rings (SSSR count). The van der Waals surface area contributed by atoms with Crippen LogP contribution in [-0.4, -0.2) is 38.9 Å². The molecule has 1 fully saturated rings. The van der Waals surface area contributed by atoms with Gasteiger partial charge in [0.15, 0.2) is 0 Å². The van der Waals surface area contributed by atoms with Gasteiger partial charge in [-0.25, -0.2) is 9.07 Å². The van der Waals surface area contributed by atoms with Gasteiger partial charge in [-0.2, -0.15) is 0 Å². The molecule has 0 bridgehead atoms. The van der Waals surface area contributed by atoms with E-state index < -0.39 is 0 Å². The topological polar surface area (TPSA) is 51.0 Å². The Bertz CT molecular complexity index is 907. The molecule has 6 heteroatoms. The van der Waals surface area contributed by atoms with Crippen molar-refractivity contribution in [3.05, 3.63) is 59.9 Å². The number of para-hydroxylation sites is 1. The summed E-state index contributed by atoms with van der Waals surface area (Å²) in [5.41, 5.74) is 2.47. The summed E-state index contributed by atoms with van der Waals surface area (Å²) in [7, 11) is 0. The summed E-state index contributed by atoms with van der Waals surface area (Å²) < 4.78 is 15.7. The van der Waals surface area contributed by atoms with Gasteiger partial charge in [0.1, 0.15) is 11.3 Å². The largest absolute Gasteiger partial charge is 0.342 e. The van der Waals surface area contributed by atoms with Crippen molar-refractivity contribution in [2.75, 3.05) is 13.1 Å². The molecule has 1 saturated heterocycles.